The molecule has 0 saturated heterocycles. The smallest absolute Gasteiger partial charge is 0.147 e. The summed E-state index contributed by atoms with van der Waals surface area (Å²) < 4.78 is 0. The molecule has 1 aliphatic rings. The predicted octanol–water partition coefficient (Wildman–Crippen LogP) is 3.04. The quantitative estimate of drug-likeness (QED) is 0.646. The summed E-state index contributed by atoms with van der Waals surface area (Å²) in [6.07, 6.45) is 5.16. The van der Waals surface area contributed by atoms with Crippen molar-refractivity contribution < 1.29 is 5.11 Å². The maximum absolute atomic E-state index is 9.89. The van der Waals surface area contributed by atoms with Gasteiger partial charge in [0.15, 0.2) is 0 Å². The number of rotatable bonds is 5. The Hall–Kier alpha value is -3.92. The number of phenols is 1. The molecule has 0 aliphatic carbocycles. The van der Waals surface area contributed by atoms with Crippen LogP contribution in [0.4, 0.5) is 11.6 Å². The van der Waals surface area contributed by atoms with Crippen LogP contribution in [0, 0.1) is 11.3 Å². The number of anilines is 2. The van der Waals surface area contributed by atoms with E-state index in [1.165, 1.54) is 0 Å². The molecule has 0 spiro atoms. The zero-order chi connectivity index (χ0) is 18.8. The van der Waals surface area contributed by atoms with Crippen LogP contribution in [0.15, 0.2) is 53.8 Å². The largest absolute Gasteiger partial charge is 0.508 e. The monoisotopic (exact) mass is 356 g/mol. The van der Waals surface area contributed by atoms with Crippen molar-refractivity contribution >= 4 is 17.9 Å². The highest BCUT2D eigenvalue weighted by Gasteiger charge is 2.28. The molecule has 4 N–H and O–H groups in total. The van der Waals surface area contributed by atoms with Crippen LogP contribution in [0.1, 0.15) is 22.7 Å². The van der Waals surface area contributed by atoms with Gasteiger partial charge in [0, 0.05) is 36.3 Å². The summed E-state index contributed by atoms with van der Waals surface area (Å²) in [7, 11) is 0. The van der Waals surface area contributed by atoms with E-state index in [1.807, 2.05) is 18.2 Å². The average Bonchev–Trinajstić information content (AvgIpc) is 3.51. The molecule has 0 amide bonds. The number of pyridine rings is 2. The number of nitrogens with one attached hydrogen (secondary N) is 1. The van der Waals surface area contributed by atoms with Crippen LogP contribution >= 0.6 is 0 Å². The van der Waals surface area contributed by atoms with E-state index in [4.69, 9.17) is 5.73 Å². The summed E-state index contributed by atoms with van der Waals surface area (Å²) in [5.41, 5.74) is 9.61. The maximum atomic E-state index is 9.89. The zero-order valence-corrected chi connectivity index (χ0v) is 14.3. The number of nitrogens with zero attached hydrogens (tertiary/aromatic N) is 4. The fourth-order valence-electron chi connectivity index (χ4n) is 2.99. The highest BCUT2D eigenvalue weighted by Crippen LogP contribution is 2.42. The summed E-state index contributed by atoms with van der Waals surface area (Å²) in [5, 5.41) is 22.9. The van der Waals surface area contributed by atoms with Crippen molar-refractivity contribution in [2.45, 2.75) is 12.6 Å². The van der Waals surface area contributed by atoms with Gasteiger partial charge in [0.05, 0.1) is 0 Å². The lowest BCUT2D eigenvalue weighted by molar-refractivity contribution is 0.475. The Kier molecular flexibility index (Phi) is 4.15. The third kappa shape index (κ3) is 3.28. The van der Waals surface area contributed by atoms with Crippen LogP contribution in [0.25, 0.3) is 11.1 Å². The number of hydrogen-bond acceptors (Lipinski definition) is 7. The molecular formula is C20H16N6O. The van der Waals surface area contributed by atoms with Crippen LogP contribution in [-0.2, 0) is 6.54 Å². The lowest BCUT2D eigenvalue weighted by Crippen LogP contribution is -2.10. The number of nitriles is 1. The lowest BCUT2D eigenvalue weighted by atomic mass is 9.93. The first-order valence-electron chi connectivity index (χ1n) is 8.36. The van der Waals surface area contributed by atoms with E-state index in [0.717, 1.165) is 5.56 Å². The Morgan fingerprint density at radius 3 is 2.67 bits per heavy atom. The molecule has 0 fully saturated rings. The van der Waals surface area contributed by atoms with Crippen molar-refractivity contribution in [3.8, 4) is 22.9 Å². The molecule has 0 radical (unpaired) electrons. The minimum Gasteiger partial charge on any atom is -0.508 e. The Bertz CT molecular complexity index is 1070. The molecule has 2 aromatic heterocycles. The molecule has 1 aromatic carbocycles. The predicted molar refractivity (Wildman–Crippen MR) is 103 cm³/mol. The fraction of sp³-hybridized carbons (Fsp3) is 0.100. The van der Waals surface area contributed by atoms with Crippen molar-refractivity contribution in [3.05, 3.63) is 65.5 Å². The van der Waals surface area contributed by atoms with Gasteiger partial charge >= 0.3 is 0 Å². The van der Waals surface area contributed by atoms with Crippen molar-refractivity contribution in [2.24, 2.45) is 4.99 Å². The van der Waals surface area contributed by atoms with Gasteiger partial charge in [-0.1, -0.05) is 12.1 Å². The number of nitrogens with two attached hydrogens (primary N) is 1. The van der Waals surface area contributed by atoms with E-state index in [9.17, 15) is 10.4 Å². The highest BCUT2D eigenvalue weighted by atomic mass is 16.3. The van der Waals surface area contributed by atoms with E-state index in [0.29, 0.717) is 40.4 Å². The standard InChI is InChI=1S/C20H16N6O/c21-9-15-17(13-2-1-3-14(27)8-13)18(16-11-24-16)19(22)26-20(15)25-10-12-4-6-23-7-5-12/h1-8,11,16,27H,10H2,(H3,22,25,26). The minimum atomic E-state index is -0.184. The molecule has 1 unspecified atom stereocenters. The normalized spacial score (nSPS) is 14.6. The second kappa shape index (κ2) is 6.77. The van der Waals surface area contributed by atoms with Gasteiger partial charge in [-0.3, -0.25) is 9.98 Å². The zero-order valence-electron chi connectivity index (χ0n) is 14.3. The van der Waals surface area contributed by atoms with E-state index in [1.54, 1.807) is 36.8 Å². The molecule has 3 aromatic rings. The third-order valence-corrected chi connectivity index (χ3v) is 4.31. The number of benzene rings is 1. The summed E-state index contributed by atoms with van der Waals surface area (Å²) in [5.74, 6) is 0.822. The summed E-state index contributed by atoms with van der Waals surface area (Å²) >= 11 is 0. The topological polar surface area (TPSA) is 120 Å². The average molecular weight is 356 g/mol. The van der Waals surface area contributed by atoms with Gasteiger partial charge in [0.25, 0.3) is 0 Å². The Morgan fingerprint density at radius 2 is 2.00 bits per heavy atom. The SMILES string of the molecule is N#Cc1c(NCc2ccncc2)nc(N)c(C2C=N2)c1-c1cccc(O)c1. The molecule has 0 bridgehead atoms. The van der Waals surface area contributed by atoms with Gasteiger partial charge in [-0.25, -0.2) is 4.98 Å². The minimum absolute atomic E-state index is 0.112. The van der Waals surface area contributed by atoms with Crippen molar-refractivity contribution in [1.29, 1.82) is 5.26 Å². The highest BCUT2D eigenvalue weighted by molar-refractivity contribution is 5.91. The molecule has 4 rings (SSSR count). The summed E-state index contributed by atoms with van der Waals surface area (Å²) in [6, 6.07) is 12.6. The first kappa shape index (κ1) is 16.5. The molecule has 27 heavy (non-hydrogen) atoms. The van der Waals surface area contributed by atoms with Crippen LogP contribution in [0.3, 0.4) is 0 Å². The third-order valence-electron chi connectivity index (χ3n) is 4.31. The van der Waals surface area contributed by atoms with Gasteiger partial charge in [-0.05, 0) is 35.4 Å². The number of aromatic hydroxyl groups is 1. The Morgan fingerprint density at radius 1 is 1.22 bits per heavy atom. The van der Waals surface area contributed by atoms with Gasteiger partial charge in [0.1, 0.15) is 35.1 Å². The van der Waals surface area contributed by atoms with Crippen molar-refractivity contribution in [1.82, 2.24) is 9.97 Å². The lowest BCUT2D eigenvalue weighted by Gasteiger charge is -2.17. The molecule has 7 nitrogen and oxygen atoms in total. The molecule has 1 atom stereocenters. The number of aromatic nitrogens is 2. The van der Waals surface area contributed by atoms with Crippen LogP contribution in [-0.4, -0.2) is 21.3 Å². The number of aliphatic imine (C=N–C) groups is 1. The van der Waals surface area contributed by atoms with Gasteiger partial charge < -0.3 is 16.2 Å². The van der Waals surface area contributed by atoms with Crippen LogP contribution in [0.5, 0.6) is 5.75 Å². The van der Waals surface area contributed by atoms with Crippen LogP contribution < -0.4 is 11.1 Å². The number of hydrogen-bond donors (Lipinski definition) is 3. The fourth-order valence-corrected chi connectivity index (χ4v) is 2.99. The molecule has 0 saturated carbocycles. The molecule has 1 aliphatic heterocycles. The molecular weight excluding hydrogens is 340 g/mol. The Labute approximate surface area is 155 Å². The molecule has 7 heteroatoms. The second-order valence-electron chi connectivity index (χ2n) is 6.12. The molecule has 132 valence electrons. The van der Waals surface area contributed by atoms with Crippen LogP contribution in [0.2, 0.25) is 0 Å². The van der Waals surface area contributed by atoms with E-state index < -0.39 is 0 Å². The number of nitrogen functional groups attached to an aromatic ring is 1. The molecule has 3 heterocycles. The second-order valence-corrected chi connectivity index (χ2v) is 6.12. The van der Waals surface area contributed by atoms with Crippen molar-refractivity contribution in [2.75, 3.05) is 11.1 Å². The van der Waals surface area contributed by atoms with E-state index in [2.05, 4.69) is 26.3 Å². The van der Waals surface area contributed by atoms with Gasteiger partial charge in [-0.15, -0.1) is 0 Å². The van der Waals surface area contributed by atoms with Gasteiger partial charge in [-0.2, -0.15) is 5.26 Å². The van der Waals surface area contributed by atoms with E-state index >= 15 is 0 Å². The van der Waals surface area contributed by atoms with Gasteiger partial charge in [0.2, 0.25) is 0 Å². The Balaban J connectivity index is 1.82. The summed E-state index contributed by atoms with van der Waals surface area (Å²) in [4.78, 5) is 12.6. The summed E-state index contributed by atoms with van der Waals surface area (Å²) in [6.45, 7) is 0.475. The van der Waals surface area contributed by atoms with Crippen molar-refractivity contribution in [3.63, 3.8) is 0 Å². The van der Waals surface area contributed by atoms with E-state index in [-0.39, 0.29) is 11.8 Å². The first-order valence-corrected chi connectivity index (χ1v) is 8.36. The number of phenolic OH excluding ortho intramolecular Hbond substituents is 1. The maximum Gasteiger partial charge on any atom is 0.147 e. The first-order chi connectivity index (χ1) is 13.2.